The monoisotopic (exact) mass is 591 g/mol. The summed E-state index contributed by atoms with van der Waals surface area (Å²) in [5.74, 6) is -3.59. The number of allylic oxidation sites excluding steroid dienone is 6. The lowest BCUT2D eigenvalue weighted by atomic mass is 9.59. The first-order valence-corrected chi connectivity index (χ1v) is 13.6. The Balaban J connectivity index is 1.50. The number of carbonyl (C=O) groups is 4. The van der Waals surface area contributed by atoms with Crippen molar-refractivity contribution in [2.24, 2.45) is 17.8 Å². The summed E-state index contributed by atoms with van der Waals surface area (Å²) in [6.07, 6.45) is 3.79. The molecule has 1 N–H and O–H groups in total. The van der Waals surface area contributed by atoms with Crippen molar-refractivity contribution in [1.29, 1.82) is 0 Å². The van der Waals surface area contributed by atoms with Crippen LogP contribution in [0.2, 0.25) is 5.02 Å². The second-order valence-electron chi connectivity index (χ2n) is 10.4. The van der Waals surface area contributed by atoms with Gasteiger partial charge in [-0.1, -0.05) is 45.2 Å². The molecule has 4 atom stereocenters. The van der Waals surface area contributed by atoms with Gasteiger partial charge in [-0.05, 0) is 74.6 Å². The van der Waals surface area contributed by atoms with Gasteiger partial charge in [-0.15, -0.1) is 0 Å². The number of Topliss-reactive ketones (excluding diaryl/α,β-unsaturated/α-hetero) is 1. The van der Waals surface area contributed by atoms with Crippen LogP contribution < -0.4 is 4.90 Å². The van der Waals surface area contributed by atoms with E-state index in [9.17, 15) is 24.3 Å². The number of amides is 2. The van der Waals surface area contributed by atoms with Crippen LogP contribution in [0.3, 0.4) is 0 Å². The van der Waals surface area contributed by atoms with E-state index in [1.807, 2.05) is 13.0 Å². The van der Waals surface area contributed by atoms with E-state index in [1.54, 1.807) is 43.3 Å². The molecule has 0 aromatic heterocycles. The molecule has 3 aliphatic carbocycles. The van der Waals surface area contributed by atoms with Gasteiger partial charge < -0.3 is 5.11 Å². The Bertz CT molecular complexity index is 1580. The summed E-state index contributed by atoms with van der Waals surface area (Å²) in [6.45, 7) is 3.46. The fraction of sp³-hybridized carbons (Fsp3) is 0.267. The van der Waals surface area contributed by atoms with Gasteiger partial charge in [-0.25, -0.2) is 4.90 Å². The molecule has 1 fully saturated rings. The highest BCUT2D eigenvalue weighted by molar-refractivity contribution is 9.10. The number of ketones is 2. The number of phenolic OH excluding ortho intramolecular Hbond substituents is 1. The van der Waals surface area contributed by atoms with Crippen LogP contribution in [0, 0.1) is 24.7 Å². The Morgan fingerprint density at radius 1 is 1.00 bits per heavy atom. The van der Waals surface area contributed by atoms with E-state index in [1.165, 1.54) is 11.0 Å². The predicted molar refractivity (Wildman–Crippen MR) is 146 cm³/mol. The lowest BCUT2D eigenvalue weighted by Crippen LogP contribution is -2.39. The molecule has 38 heavy (non-hydrogen) atoms. The van der Waals surface area contributed by atoms with Gasteiger partial charge in [0.05, 0.1) is 17.5 Å². The number of aromatic hydroxyl groups is 1. The summed E-state index contributed by atoms with van der Waals surface area (Å²) < 4.78 is 0.708. The molecule has 0 unspecified atom stereocenters. The second-order valence-corrected chi connectivity index (χ2v) is 11.7. The summed E-state index contributed by atoms with van der Waals surface area (Å²) >= 11 is 9.77. The average Bonchev–Trinajstić information content (AvgIpc) is 3.14. The van der Waals surface area contributed by atoms with Crippen LogP contribution in [-0.4, -0.2) is 28.5 Å². The molecule has 6 rings (SSSR count). The molecule has 1 saturated heterocycles. The number of hydrogen-bond donors (Lipinski definition) is 1. The van der Waals surface area contributed by atoms with Gasteiger partial charge in [0, 0.05) is 37.7 Å². The fourth-order valence-corrected chi connectivity index (χ4v) is 7.02. The Kier molecular flexibility index (Phi) is 5.85. The van der Waals surface area contributed by atoms with Crippen molar-refractivity contribution in [3.63, 3.8) is 0 Å². The molecular formula is C30H23BrClNO5. The number of nitrogens with zero attached hydrogens (tertiary/aromatic N) is 1. The molecule has 8 heteroatoms. The second kappa shape index (κ2) is 8.89. The Morgan fingerprint density at radius 3 is 2.50 bits per heavy atom. The third kappa shape index (κ3) is 3.59. The van der Waals surface area contributed by atoms with Gasteiger partial charge in [0.25, 0.3) is 0 Å². The number of hydrogen-bond acceptors (Lipinski definition) is 5. The van der Waals surface area contributed by atoms with Crippen LogP contribution in [0.15, 0.2) is 75.3 Å². The molecule has 2 aromatic carbocycles. The Labute approximate surface area is 232 Å². The quantitative estimate of drug-likeness (QED) is 0.272. The van der Waals surface area contributed by atoms with Gasteiger partial charge in [0.1, 0.15) is 5.75 Å². The average molecular weight is 593 g/mol. The number of anilines is 1. The van der Waals surface area contributed by atoms with Crippen molar-refractivity contribution in [3.8, 4) is 5.75 Å². The van der Waals surface area contributed by atoms with Crippen molar-refractivity contribution in [3.05, 3.63) is 91.5 Å². The summed E-state index contributed by atoms with van der Waals surface area (Å²) in [7, 11) is 0. The zero-order valence-corrected chi connectivity index (χ0v) is 23.0. The number of aryl methyl sites for hydroxylation is 1. The van der Waals surface area contributed by atoms with Crippen molar-refractivity contribution in [2.75, 3.05) is 4.90 Å². The van der Waals surface area contributed by atoms with Gasteiger partial charge in [0.15, 0.2) is 11.6 Å². The smallest absolute Gasteiger partial charge is 0.238 e. The molecular weight excluding hydrogens is 570 g/mol. The topological polar surface area (TPSA) is 91.8 Å². The molecule has 0 bridgehead atoms. The van der Waals surface area contributed by atoms with E-state index in [2.05, 4.69) is 15.9 Å². The molecule has 0 saturated carbocycles. The number of carbonyl (C=O) groups excluding carboxylic acids is 4. The highest BCUT2D eigenvalue weighted by Gasteiger charge is 2.56. The summed E-state index contributed by atoms with van der Waals surface area (Å²) in [4.78, 5) is 55.4. The van der Waals surface area contributed by atoms with Crippen molar-refractivity contribution in [2.45, 2.75) is 32.6 Å². The van der Waals surface area contributed by atoms with Crippen LogP contribution in [-0.2, 0) is 19.2 Å². The SMILES string of the molecule is CC1=CC(=O)C2=C(C[C@@H]3C(=CC[C@@H]4C(=O)N(c5ccc(C)c(Cl)c5)C(=O)[C@@H]43)[C@@H]2c2cc(Br)ccc2O)C1=O. The maximum Gasteiger partial charge on any atom is 0.238 e. The fourth-order valence-electron chi connectivity index (χ4n) is 6.47. The van der Waals surface area contributed by atoms with Crippen LogP contribution in [0.1, 0.15) is 36.8 Å². The lowest BCUT2D eigenvalue weighted by molar-refractivity contribution is -0.123. The zero-order valence-electron chi connectivity index (χ0n) is 20.6. The van der Waals surface area contributed by atoms with Crippen LogP contribution in [0.4, 0.5) is 5.69 Å². The Morgan fingerprint density at radius 2 is 1.76 bits per heavy atom. The lowest BCUT2D eigenvalue weighted by Gasteiger charge is -2.42. The minimum Gasteiger partial charge on any atom is -0.508 e. The molecule has 1 heterocycles. The third-order valence-corrected chi connectivity index (χ3v) is 9.18. The number of phenols is 1. The molecule has 2 aromatic rings. The maximum atomic E-state index is 13.9. The highest BCUT2D eigenvalue weighted by atomic mass is 79.9. The van der Waals surface area contributed by atoms with Crippen LogP contribution in [0.25, 0.3) is 0 Å². The molecule has 2 amide bonds. The van der Waals surface area contributed by atoms with Crippen molar-refractivity contribution >= 4 is 56.6 Å². The third-order valence-electron chi connectivity index (χ3n) is 8.28. The number of benzene rings is 2. The summed E-state index contributed by atoms with van der Waals surface area (Å²) in [6, 6.07) is 10.1. The van der Waals surface area contributed by atoms with Gasteiger partial charge in [-0.3, -0.25) is 19.2 Å². The molecule has 0 radical (unpaired) electrons. The van der Waals surface area contributed by atoms with Crippen LogP contribution in [0.5, 0.6) is 5.75 Å². The van der Waals surface area contributed by atoms with E-state index in [4.69, 9.17) is 11.6 Å². The van der Waals surface area contributed by atoms with Gasteiger partial charge >= 0.3 is 0 Å². The predicted octanol–water partition coefficient (Wildman–Crippen LogP) is 5.75. The standard InChI is InChI=1S/C30H23BrClNO5/c1-13-3-5-16(11-22(13)32)33-29(37)18-7-6-17-19(26(18)30(33)38)12-21-27(24(35)9-14(2)28(21)36)25(17)20-10-15(31)4-8-23(20)34/h3-6,8-11,18-19,25-26,34H,7,12H2,1-2H3/t18-,19+,25+,26-/m0/s1. The number of rotatable bonds is 2. The van der Waals surface area contributed by atoms with E-state index in [0.29, 0.717) is 43.9 Å². The first-order valence-electron chi connectivity index (χ1n) is 12.4. The highest BCUT2D eigenvalue weighted by Crippen LogP contribution is 2.56. The van der Waals surface area contributed by atoms with E-state index >= 15 is 0 Å². The normalized spacial score (nSPS) is 26.7. The van der Waals surface area contributed by atoms with Crippen molar-refractivity contribution < 1.29 is 24.3 Å². The molecule has 6 nitrogen and oxygen atoms in total. The molecule has 192 valence electrons. The minimum atomic E-state index is -0.700. The van der Waals surface area contributed by atoms with Crippen molar-refractivity contribution in [1.82, 2.24) is 0 Å². The maximum absolute atomic E-state index is 13.9. The first kappa shape index (κ1) is 25.0. The largest absolute Gasteiger partial charge is 0.508 e. The van der Waals surface area contributed by atoms with E-state index < -0.39 is 23.7 Å². The van der Waals surface area contributed by atoms with E-state index in [-0.39, 0.29) is 35.6 Å². The molecule has 0 spiro atoms. The van der Waals surface area contributed by atoms with Gasteiger partial charge in [0.2, 0.25) is 11.8 Å². The zero-order chi connectivity index (χ0) is 27.0. The number of halogens is 2. The summed E-state index contributed by atoms with van der Waals surface area (Å²) in [5.41, 5.74) is 3.57. The number of fused-ring (bicyclic) bond motifs is 3. The van der Waals surface area contributed by atoms with Crippen LogP contribution >= 0.6 is 27.5 Å². The van der Waals surface area contributed by atoms with Gasteiger partial charge in [-0.2, -0.15) is 0 Å². The first-order chi connectivity index (χ1) is 18.1. The van der Waals surface area contributed by atoms with E-state index in [0.717, 1.165) is 11.1 Å². The Hall–Kier alpha value is -3.29. The molecule has 1 aliphatic heterocycles. The summed E-state index contributed by atoms with van der Waals surface area (Å²) in [5, 5.41) is 11.3. The minimum absolute atomic E-state index is 0.00926. The number of imide groups is 1. The molecule has 4 aliphatic rings.